The minimum atomic E-state index is -0.924. The van der Waals surface area contributed by atoms with E-state index in [-0.39, 0.29) is 25.4 Å². The normalized spacial score (nSPS) is 14.4. The lowest BCUT2D eigenvalue weighted by atomic mass is 9.86. The van der Waals surface area contributed by atoms with E-state index in [1.54, 1.807) is 49.7 Å². The quantitative estimate of drug-likeness (QED) is 0.575. The van der Waals surface area contributed by atoms with Crippen LogP contribution >= 0.6 is 0 Å². The van der Waals surface area contributed by atoms with Crippen LogP contribution in [-0.2, 0) is 20.9 Å². The van der Waals surface area contributed by atoms with Gasteiger partial charge in [0.2, 0.25) is 11.8 Å². The summed E-state index contributed by atoms with van der Waals surface area (Å²) in [6, 6.07) is 8.36. The second-order valence-corrected chi connectivity index (χ2v) is 8.71. The van der Waals surface area contributed by atoms with Crippen molar-refractivity contribution in [2.45, 2.75) is 33.4 Å². The van der Waals surface area contributed by atoms with Crippen molar-refractivity contribution in [3.8, 4) is 6.07 Å². The molecular formula is C23H26N6O4. The highest BCUT2D eigenvalue weighted by molar-refractivity contribution is 6.06. The highest BCUT2D eigenvalue weighted by Crippen LogP contribution is 2.23. The molecule has 1 aliphatic rings. The molecule has 10 heteroatoms. The van der Waals surface area contributed by atoms with Crippen molar-refractivity contribution in [3.63, 3.8) is 0 Å². The Labute approximate surface area is 191 Å². The molecule has 10 nitrogen and oxygen atoms in total. The summed E-state index contributed by atoms with van der Waals surface area (Å²) in [5.74, 6) is -1.11. The molecule has 3 amide bonds. The van der Waals surface area contributed by atoms with Crippen LogP contribution in [0.5, 0.6) is 0 Å². The third-order valence-corrected chi connectivity index (χ3v) is 5.05. The molecule has 0 saturated carbocycles. The second-order valence-electron chi connectivity index (χ2n) is 8.71. The van der Waals surface area contributed by atoms with Crippen molar-refractivity contribution >= 4 is 28.6 Å². The Bertz CT molecular complexity index is 1200. The number of allylic oxidation sites excluding steroid dienone is 3. The first kappa shape index (κ1) is 23.5. The van der Waals surface area contributed by atoms with Gasteiger partial charge in [0.05, 0.1) is 30.2 Å². The van der Waals surface area contributed by atoms with Crippen LogP contribution in [-0.4, -0.2) is 46.7 Å². The van der Waals surface area contributed by atoms with Crippen LogP contribution in [0, 0.1) is 16.7 Å². The zero-order valence-electron chi connectivity index (χ0n) is 18.7. The first-order valence-electron chi connectivity index (χ1n) is 10.3. The van der Waals surface area contributed by atoms with Crippen molar-refractivity contribution in [1.29, 1.82) is 5.26 Å². The molecule has 1 aromatic carbocycles. The van der Waals surface area contributed by atoms with E-state index in [9.17, 15) is 14.4 Å². The Morgan fingerprint density at radius 1 is 1.27 bits per heavy atom. The Morgan fingerprint density at radius 2 is 2.00 bits per heavy atom. The number of aromatic nitrogens is 2. The fraction of sp³-hybridized carbons (Fsp3) is 0.348. The monoisotopic (exact) mass is 450 g/mol. The Morgan fingerprint density at radius 3 is 2.61 bits per heavy atom. The first-order chi connectivity index (χ1) is 15.6. The number of hydrogen-bond donors (Lipinski definition) is 3. The molecule has 172 valence electrons. The molecular weight excluding hydrogens is 424 g/mol. The molecule has 2 aromatic rings. The number of benzene rings is 1. The number of primary amides is 1. The number of ether oxygens (including phenoxy) is 1. The minimum Gasteiger partial charge on any atom is -0.491 e. The summed E-state index contributed by atoms with van der Waals surface area (Å²) in [5, 5.41) is 19.3. The molecule has 0 radical (unpaired) electrons. The van der Waals surface area contributed by atoms with E-state index in [0.717, 1.165) is 0 Å². The number of carbonyl (C=O) groups excluding carboxylic acids is 3. The van der Waals surface area contributed by atoms with Crippen LogP contribution in [0.15, 0.2) is 47.7 Å². The smallest absolute Gasteiger partial charge is 0.273 e. The molecule has 0 fully saturated rings. The van der Waals surface area contributed by atoms with E-state index < -0.39 is 29.2 Å². The van der Waals surface area contributed by atoms with Crippen molar-refractivity contribution in [2.75, 3.05) is 13.2 Å². The summed E-state index contributed by atoms with van der Waals surface area (Å²) in [5.41, 5.74) is 5.87. The fourth-order valence-electron chi connectivity index (χ4n) is 3.34. The summed E-state index contributed by atoms with van der Waals surface area (Å²) in [6.07, 6.45) is 3.40. The van der Waals surface area contributed by atoms with Crippen LogP contribution in [0.2, 0.25) is 0 Å². The highest BCUT2D eigenvalue weighted by Gasteiger charge is 2.34. The molecule has 1 atom stereocenters. The van der Waals surface area contributed by atoms with Gasteiger partial charge in [-0.3, -0.25) is 19.1 Å². The lowest BCUT2D eigenvalue weighted by molar-refractivity contribution is -0.128. The standard InChI is InChI=1S/C23H26N6O4/c1-23(2,3)20(22(32)26-11-18(25)30)27-21(31)19-16-6-4-5-7-17(16)29(28-19)12-15-9-8-14(10-24)13-33-15/h4-9,20H,11-13H2,1-3H3,(H2,25,30)(H,26,32)(H,27,31)/t20-/m1/s1. The van der Waals surface area contributed by atoms with Gasteiger partial charge in [0.1, 0.15) is 18.4 Å². The lowest BCUT2D eigenvalue weighted by Gasteiger charge is -2.30. The SMILES string of the molecule is CC(C)(C)[C@H](NC(=O)c1nn(CC2=CC=C(C#N)CO2)c2ccccc12)C(=O)NCC(N)=O. The third-order valence-electron chi connectivity index (χ3n) is 5.05. The van der Waals surface area contributed by atoms with Crippen molar-refractivity contribution in [2.24, 2.45) is 11.1 Å². The number of hydrogen-bond acceptors (Lipinski definition) is 6. The highest BCUT2D eigenvalue weighted by atomic mass is 16.5. The number of nitrogens with one attached hydrogen (secondary N) is 2. The molecule has 1 aromatic heterocycles. The predicted octanol–water partition coefficient (Wildman–Crippen LogP) is 1.15. The topological polar surface area (TPSA) is 152 Å². The predicted molar refractivity (Wildman–Crippen MR) is 120 cm³/mol. The number of nitriles is 1. The summed E-state index contributed by atoms with van der Waals surface area (Å²) in [4.78, 5) is 36.9. The number of nitrogens with two attached hydrogens (primary N) is 1. The maximum absolute atomic E-state index is 13.2. The first-order valence-corrected chi connectivity index (χ1v) is 10.3. The summed E-state index contributed by atoms with van der Waals surface area (Å²) in [7, 11) is 0. The van der Waals surface area contributed by atoms with Crippen molar-refractivity contribution in [3.05, 3.63) is 53.4 Å². The van der Waals surface area contributed by atoms with E-state index in [4.69, 9.17) is 15.7 Å². The second kappa shape index (κ2) is 9.56. The van der Waals surface area contributed by atoms with Crippen molar-refractivity contribution in [1.82, 2.24) is 20.4 Å². The van der Waals surface area contributed by atoms with Crippen LogP contribution in [0.3, 0.4) is 0 Å². The molecule has 33 heavy (non-hydrogen) atoms. The lowest BCUT2D eigenvalue weighted by Crippen LogP contribution is -2.54. The number of rotatable bonds is 7. The average Bonchev–Trinajstić information content (AvgIpc) is 3.14. The Hall–Kier alpha value is -4.13. The van der Waals surface area contributed by atoms with E-state index in [1.165, 1.54) is 0 Å². The maximum atomic E-state index is 13.2. The van der Waals surface area contributed by atoms with E-state index >= 15 is 0 Å². The molecule has 0 saturated heterocycles. The largest absolute Gasteiger partial charge is 0.491 e. The molecule has 0 bridgehead atoms. The van der Waals surface area contributed by atoms with E-state index in [1.807, 2.05) is 18.2 Å². The zero-order chi connectivity index (χ0) is 24.2. The summed E-state index contributed by atoms with van der Waals surface area (Å²) < 4.78 is 7.25. The molecule has 0 spiro atoms. The summed E-state index contributed by atoms with van der Waals surface area (Å²) in [6.45, 7) is 5.53. The van der Waals surface area contributed by atoms with Gasteiger partial charge in [-0.05, 0) is 23.6 Å². The number of fused-ring (bicyclic) bond motifs is 1. The molecule has 1 aliphatic heterocycles. The number of carbonyl (C=O) groups is 3. The van der Waals surface area contributed by atoms with Crippen LogP contribution in [0.1, 0.15) is 31.3 Å². The van der Waals surface area contributed by atoms with Gasteiger partial charge in [-0.25, -0.2) is 0 Å². The average molecular weight is 450 g/mol. The van der Waals surface area contributed by atoms with Crippen molar-refractivity contribution < 1.29 is 19.1 Å². The molecule has 2 heterocycles. The van der Waals surface area contributed by atoms with Gasteiger partial charge in [-0.2, -0.15) is 10.4 Å². The van der Waals surface area contributed by atoms with Gasteiger partial charge in [-0.1, -0.05) is 39.0 Å². The Kier molecular flexibility index (Phi) is 6.82. The van der Waals surface area contributed by atoms with Gasteiger partial charge in [0.25, 0.3) is 5.91 Å². The number of nitrogens with zero attached hydrogens (tertiary/aromatic N) is 3. The minimum absolute atomic E-state index is 0.159. The zero-order valence-corrected chi connectivity index (χ0v) is 18.7. The van der Waals surface area contributed by atoms with Gasteiger partial charge < -0.3 is 21.1 Å². The van der Waals surface area contributed by atoms with Gasteiger partial charge >= 0.3 is 0 Å². The molecule has 0 aliphatic carbocycles. The molecule has 4 N–H and O–H groups in total. The van der Waals surface area contributed by atoms with Gasteiger partial charge in [0.15, 0.2) is 5.69 Å². The number of amides is 3. The third kappa shape index (κ3) is 5.57. The van der Waals surface area contributed by atoms with Crippen LogP contribution in [0.4, 0.5) is 0 Å². The fourth-order valence-corrected chi connectivity index (χ4v) is 3.34. The van der Waals surface area contributed by atoms with E-state index in [2.05, 4.69) is 15.7 Å². The maximum Gasteiger partial charge on any atom is 0.273 e. The van der Waals surface area contributed by atoms with E-state index in [0.29, 0.717) is 22.2 Å². The van der Waals surface area contributed by atoms with Crippen LogP contribution in [0.25, 0.3) is 10.9 Å². The Balaban J connectivity index is 1.88. The summed E-state index contributed by atoms with van der Waals surface area (Å²) >= 11 is 0. The van der Waals surface area contributed by atoms with Crippen LogP contribution < -0.4 is 16.4 Å². The molecule has 0 unspecified atom stereocenters. The van der Waals surface area contributed by atoms with Gasteiger partial charge in [-0.15, -0.1) is 0 Å². The van der Waals surface area contributed by atoms with Gasteiger partial charge in [0, 0.05) is 5.39 Å². The number of para-hydroxylation sites is 1. The molecule has 3 rings (SSSR count).